The molecule has 1 heterocycles. The van der Waals surface area contributed by atoms with Gasteiger partial charge in [-0.1, -0.05) is 46.3 Å². The molecule has 7 N–H and O–H groups in total. The molecule has 15 unspecified atom stereocenters. The Morgan fingerprint density at radius 1 is 0.792 bits per heavy atom. The number of rotatable bonds is 5. The maximum atomic E-state index is 13.9. The third-order valence-electron chi connectivity index (χ3n) is 15.0. The lowest BCUT2D eigenvalue weighted by molar-refractivity contribution is -0.335. The maximum absolute atomic E-state index is 13.9. The van der Waals surface area contributed by atoms with Gasteiger partial charge in [-0.25, -0.2) is 4.79 Å². The van der Waals surface area contributed by atoms with E-state index in [0.717, 1.165) is 32.1 Å². The van der Waals surface area contributed by atoms with Crippen molar-refractivity contribution in [1.29, 1.82) is 0 Å². The molecule has 0 aromatic heterocycles. The molecule has 0 bridgehead atoms. The molecule has 48 heavy (non-hydrogen) atoms. The normalized spacial score (nSPS) is 52.8. The van der Waals surface area contributed by atoms with E-state index in [1.165, 1.54) is 12.5 Å². The zero-order chi connectivity index (χ0) is 35.6. The number of hydrogen-bond donors (Lipinski definition) is 7. The van der Waals surface area contributed by atoms with Crippen LogP contribution in [0.2, 0.25) is 0 Å². The average molecular weight is 679 g/mol. The molecule has 0 amide bonds. The van der Waals surface area contributed by atoms with E-state index in [0.29, 0.717) is 6.42 Å². The molecule has 6 aliphatic rings. The first-order chi connectivity index (χ1) is 22.1. The van der Waals surface area contributed by atoms with Gasteiger partial charge in [0, 0.05) is 5.41 Å². The first-order valence-electron chi connectivity index (χ1n) is 17.5. The minimum Gasteiger partial charge on any atom is -0.481 e. The summed E-state index contributed by atoms with van der Waals surface area (Å²) in [6.45, 7) is 12.4. The van der Waals surface area contributed by atoms with Crippen molar-refractivity contribution in [3.63, 3.8) is 0 Å². The van der Waals surface area contributed by atoms with Crippen molar-refractivity contribution in [3.05, 3.63) is 11.6 Å². The summed E-state index contributed by atoms with van der Waals surface area (Å²) in [5, 5.41) is 74.8. The van der Waals surface area contributed by atoms with Gasteiger partial charge in [0.25, 0.3) is 0 Å². The van der Waals surface area contributed by atoms with Crippen LogP contribution in [-0.4, -0.2) is 96.6 Å². The number of carboxylic acids is 3. The lowest BCUT2D eigenvalue weighted by Crippen LogP contribution is -2.71. The molecule has 0 radical (unpaired) electrons. The van der Waals surface area contributed by atoms with E-state index >= 15 is 0 Å². The lowest BCUT2D eigenvalue weighted by Gasteiger charge is -2.70. The molecule has 5 fully saturated rings. The second-order valence-corrected chi connectivity index (χ2v) is 17.9. The molecule has 0 aromatic rings. The number of carboxylic acid groups (broad SMARTS) is 3. The number of hydrogen-bond acceptors (Lipinski definition) is 9. The molecular formula is C36H54O12. The molecule has 15 atom stereocenters. The van der Waals surface area contributed by atoms with Crippen LogP contribution < -0.4 is 0 Å². The smallest absolute Gasteiger partial charge is 0.335 e. The van der Waals surface area contributed by atoms with E-state index in [9.17, 15) is 50.1 Å². The van der Waals surface area contributed by atoms with Crippen molar-refractivity contribution < 1.29 is 59.6 Å². The second kappa shape index (κ2) is 11.2. The van der Waals surface area contributed by atoms with Crippen LogP contribution in [0.4, 0.5) is 0 Å². The fourth-order valence-electron chi connectivity index (χ4n) is 12.2. The third kappa shape index (κ3) is 4.65. The summed E-state index contributed by atoms with van der Waals surface area (Å²) in [6, 6.07) is 0. The van der Waals surface area contributed by atoms with Gasteiger partial charge in [-0.05, 0) is 98.7 Å². The predicted octanol–water partition coefficient (Wildman–Crippen LogP) is 3.19. The molecule has 1 aliphatic heterocycles. The van der Waals surface area contributed by atoms with Gasteiger partial charge in [0.05, 0.1) is 16.9 Å². The molecule has 5 aliphatic carbocycles. The largest absolute Gasteiger partial charge is 0.481 e. The first-order valence-corrected chi connectivity index (χ1v) is 17.5. The van der Waals surface area contributed by atoms with Crippen LogP contribution >= 0.6 is 0 Å². The number of allylic oxidation sites excluding steroid dienone is 2. The van der Waals surface area contributed by atoms with E-state index in [1.807, 2.05) is 6.92 Å². The van der Waals surface area contributed by atoms with Crippen molar-refractivity contribution in [2.75, 3.05) is 0 Å². The zero-order valence-electron chi connectivity index (χ0n) is 28.9. The van der Waals surface area contributed by atoms with Gasteiger partial charge in [-0.3, -0.25) is 9.59 Å². The molecule has 1 saturated heterocycles. The summed E-state index contributed by atoms with van der Waals surface area (Å²) in [5.41, 5.74) is -3.14. The Hall–Kier alpha value is -2.09. The van der Waals surface area contributed by atoms with Crippen LogP contribution in [-0.2, 0) is 23.9 Å². The third-order valence-corrected chi connectivity index (χ3v) is 15.0. The number of aliphatic hydroxyl groups excluding tert-OH is 4. The molecular weight excluding hydrogens is 624 g/mol. The van der Waals surface area contributed by atoms with Gasteiger partial charge in [-0.15, -0.1) is 0 Å². The van der Waals surface area contributed by atoms with E-state index in [-0.39, 0.29) is 36.0 Å². The number of fused-ring (bicyclic) bond motifs is 7. The molecule has 270 valence electrons. The number of aliphatic carboxylic acids is 3. The van der Waals surface area contributed by atoms with E-state index in [1.54, 1.807) is 0 Å². The Morgan fingerprint density at radius 2 is 1.44 bits per heavy atom. The van der Waals surface area contributed by atoms with Crippen molar-refractivity contribution in [2.24, 2.45) is 50.2 Å². The minimum atomic E-state index is -1.96. The van der Waals surface area contributed by atoms with Crippen molar-refractivity contribution in [1.82, 2.24) is 0 Å². The zero-order valence-corrected chi connectivity index (χ0v) is 28.9. The van der Waals surface area contributed by atoms with Gasteiger partial charge in [0.2, 0.25) is 0 Å². The van der Waals surface area contributed by atoms with Gasteiger partial charge in [-0.2, -0.15) is 0 Å². The highest BCUT2D eigenvalue weighted by Gasteiger charge is 2.75. The van der Waals surface area contributed by atoms with Crippen LogP contribution in [0.3, 0.4) is 0 Å². The average Bonchev–Trinajstić information content (AvgIpc) is 2.99. The summed E-state index contributed by atoms with van der Waals surface area (Å²) < 4.78 is 11.3. The molecule has 4 saturated carbocycles. The number of aliphatic hydroxyl groups is 4. The Balaban J connectivity index is 1.40. The van der Waals surface area contributed by atoms with Gasteiger partial charge in [0.1, 0.15) is 24.4 Å². The SMILES string of the molecule is CC1(C)CCC2(C)CCC3(C)C(=CCC4C5(C)CC(O)C(OC6OC(C(=O)O)C(O)C(O)C6O)C(C)(C(=O)O)C5CCC43C(=O)O)C2C1. The summed E-state index contributed by atoms with van der Waals surface area (Å²) in [5.74, 6) is -4.68. The fourth-order valence-corrected chi connectivity index (χ4v) is 12.2. The highest BCUT2D eigenvalue weighted by atomic mass is 16.7. The van der Waals surface area contributed by atoms with Crippen molar-refractivity contribution in [2.45, 2.75) is 142 Å². The Kier molecular flexibility index (Phi) is 8.34. The van der Waals surface area contributed by atoms with Gasteiger partial charge < -0.3 is 45.2 Å². The van der Waals surface area contributed by atoms with Crippen LogP contribution in [0, 0.1) is 50.2 Å². The topological polar surface area (TPSA) is 211 Å². The van der Waals surface area contributed by atoms with Crippen LogP contribution in [0.15, 0.2) is 11.6 Å². The van der Waals surface area contributed by atoms with Gasteiger partial charge >= 0.3 is 17.9 Å². The second-order valence-electron chi connectivity index (χ2n) is 17.9. The summed E-state index contributed by atoms with van der Waals surface area (Å²) in [4.78, 5) is 39.0. The molecule has 6 rings (SSSR count). The van der Waals surface area contributed by atoms with E-state index in [2.05, 4.69) is 33.8 Å². The molecule has 12 nitrogen and oxygen atoms in total. The molecule has 12 heteroatoms. The minimum absolute atomic E-state index is 0.00861. The molecule has 0 spiro atoms. The van der Waals surface area contributed by atoms with Gasteiger partial charge in [0.15, 0.2) is 12.4 Å². The summed E-state index contributed by atoms with van der Waals surface area (Å²) in [6.07, 6.45) is -4.61. The fraction of sp³-hybridized carbons (Fsp3) is 0.861. The Bertz CT molecular complexity index is 1390. The van der Waals surface area contributed by atoms with Crippen LogP contribution in [0.25, 0.3) is 0 Å². The first kappa shape index (κ1) is 35.7. The van der Waals surface area contributed by atoms with Crippen LogP contribution in [0.5, 0.6) is 0 Å². The Labute approximate surface area is 281 Å². The van der Waals surface area contributed by atoms with Crippen LogP contribution in [0.1, 0.15) is 99.3 Å². The Morgan fingerprint density at radius 3 is 2.04 bits per heavy atom. The van der Waals surface area contributed by atoms with E-state index < -0.39 is 94.3 Å². The predicted molar refractivity (Wildman–Crippen MR) is 169 cm³/mol. The lowest BCUT2D eigenvalue weighted by atomic mass is 9.33. The summed E-state index contributed by atoms with van der Waals surface area (Å²) in [7, 11) is 0. The quantitative estimate of drug-likeness (QED) is 0.165. The van der Waals surface area contributed by atoms with E-state index in [4.69, 9.17) is 9.47 Å². The number of carbonyl (C=O) groups is 3. The standard InChI is InChI=1S/C36H54O12/c1-31(2)11-12-32(3)13-14-34(5)17(18(32)15-31)7-8-21-33(4)16-19(37)26(48-28-24(40)22(38)23(39)25(47-28)27(41)42)35(6,29(43)44)20(33)9-10-36(21,34)30(45)46/h7,18-26,28,37-40H,8-16H2,1-6H3,(H,41,42)(H,43,44)(H,45,46). The monoisotopic (exact) mass is 678 g/mol. The van der Waals surface area contributed by atoms with Crippen molar-refractivity contribution >= 4 is 17.9 Å². The molecule has 0 aromatic carbocycles. The highest BCUT2D eigenvalue weighted by Crippen LogP contribution is 2.76. The number of ether oxygens (including phenoxy) is 2. The summed E-state index contributed by atoms with van der Waals surface area (Å²) >= 11 is 0. The maximum Gasteiger partial charge on any atom is 0.335 e. The van der Waals surface area contributed by atoms with Crippen molar-refractivity contribution in [3.8, 4) is 0 Å². The highest BCUT2D eigenvalue weighted by molar-refractivity contribution is 5.80.